The van der Waals surface area contributed by atoms with Gasteiger partial charge < -0.3 is 9.05 Å². The van der Waals surface area contributed by atoms with Crippen molar-refractivity contribution in [1.82, 2.24) is 20.3 Å². The number of hydrogen-bond donors (Lipinski definition) is 0. The number of rotatable bonds is 2. The number of benzene rings is 1. The van der Waals surface area contributed by atoms with E-state index >= 15 is 0 Å². The van der Waals surface area contributed by atoms with Gasteiger partial charge in [0.05, 0.1) is 0 Å². The molecule has 0 fully saturated rings. The Balaban J connectivity index is 1.86. The maximum Gasteiger partial charge on any atom is 0.471 e. The summed E-state index contributed by atoms with van der Waals surface area (Å²) in [4.78, 5) is 6.38. The maximum absolute atomic E-state index is 12.4. The van der Waals surface area contributed by atoms with Crippen LogP contribution in [0.25, 0.3) is 22.8 Å². The van der Waals surface area contributed by atoms with Crippen LogP contribution in [0.4, 0.5) is 26.3 Å². The molecule has 1 aromatic carbocycles. The van der Waals surface area contributed by atoms with Gasteiger partial charge in [0.2, 0.25) is 11.6 Å². The summed E-state index contributed by atoms with van der Waals surface area (Å²) in [6.07, 6.45) is -9.55. The number of aromatic nitrogens is 4. The zero-order valence-electron chi connectivity index (χ0n) is 11.2. The maximum atomic E-state index is 12.4. The third-order valence-electron chi connectivity index (χ3n) is 2.74. The van der Waals surface area contributed by atoms with Gasteiger partial charge in [-0.15, -0.1) is 0 Å². The van der Waals surface area contributed by atoms with E-state index in [2.05, 4.69) is 29.3 Å². The van der Waals surface area contributed by atoms with Crippen LogP contribution in [-0.4, -0.2) is 20.3 Å². The quantitative estimate of drug-likeness (QED) is 0.654. The second-order valence-electron chi connectivity index (χ2n) is 4.42. The largest absolute Gasteiger partial charge is 0.471 e. The van der Waals surface area contributed by atoms with Crippen LogP contribution in [0, 0.1) is 0 Å². The van der Waals surface area contributed by atoms with Gasteiger partial charge in [-0.05, 0) is 0 Å². The highest BCUT2D eigenvalue weighted by Crippen LogP contribution is 2.31. The molecule has 0 saturated heterocycles. The molecule has 0 unspecified atom stereocenters. The SMILES string of the molecule is FC(F)(F)c1nc(-c2ccc(-c3noc(C(F)(F)F)n3)cc2)no1. The molecule has 24 heavy (non-hydrogen) atoms. The second-order valence-corrected chi connectivity index (χ2v) is 4.42. The van der Waals surface area contributed by atoms with E-state index in [0.29, 0.717) is 0 Å². The van der Waals surface area contributed by atoms with Crippen molar-refractivity contribution >= 4 is 0 Å². The molecule has 126 valence electrons. The molecule has 3 aromatic rings. The van der Waals surface area contributed by atoms with E-state index in [4.69, 9.17) is 0 Å². The molecule has 0 spiro atoms. The Kier molecular flexibility index (Phi) is 3.53. The monoisotopic (exact) mass is 350 g/mol. The third-order valence-corrected chi connectivity index (χ3v) is 2.74. The summed E-state index contributed by atoms with van der Waals surface area (Å²) in [6.45, 7) is 0. The van der Waals surface area contributed by atoms with E-state index in [0.717, 1.165) is 0 Å². The normalized spacial score (nSPS) is 12.6. The Morgan fingerprint density at radius 2 is 0.958 bits per heavy atom. The zero-order chi connectivity index (χ0) is 17.5. The van der Waals surface area contributed by atoms with Gasteiger partial charge in [-0.25, -0.2) is 0 Å². The summed E-state index contributed by atoms with van der Waals surface area (Å²) in [6, 6.07) is 5.13. The van der Waals surface area contributed by atoms with Crippen molar-refractivity contribution in [2.45, 2.75) is 12.4 Å². The molecule has 2 aromatic heterocycles. The third kappa shape index (κ3) is 3.07. The van der Waals surface area contributed by atoms with Crippen molar-refractivity contribution < 1.29 is 35.4 Å². The second kappa shape index (κ2) is 5.32. The van der Waals surface area contributed by atoms with Crippen molar-refractivity contribution in [2.75, 3.05) is 0 Å². The van der Waals surface area contributed by atoms with Gasteiger partial charge in [0.15, 0.2) is 0 Å². The van der Waals surface area contributed by atoms with Crippen LogP contribution in [0.1, 0.15) is 11.8 Å². The molecule has 0 aliphatic carbocycles. The van der Waals surface area contributed by atoms with Crippen molar-refractivity contribution in [3.05, 3.63) is 36.0 Å². The van der Waals surface area contributed by atoms with E-state index < -0.39 is 24.1 Å². The van der Waals surface area contributed by atoms with Gasteiger partial charge in [-0.3, -0.25) is 0 Å². The minimum absolute atomic E-state index is 0.164. The average molecular weight is 350 g/mol. The lowest BCUT2D eigenvalue weighted by atomic mass is 10.1. The number of nitrogens with zero attached hydrogens (tertiary/aromatic N) is 4. The lowest BCUT2D eigenvalue weighted by molar-refractivity contribution is -0.160. The van der Waals surface area contributed by atoms with Crippen LogP contribution in [0.5, 0.6) is 0 Å². The summed E-state index contributed by atoms with van der Waals surface area (Å²) in [5.74, 6) is -3.65. The Labute approximate surface area is 128 Å². The van der Waals surface area contributed by atoms with Crippen molar-refractivity contribution in [3.63, 3.8) is 0 Å². The van der Waals surface area contributed by atoms with Crippen LogP contribution >= 0.6 is 0 Å². The molecule has 0 amide bonds. The van der Waals surface area contributed by atoms with E-state index in [9.17, 15) is 26.3 Å². The Morgan fingerprint density at radius 3 is 1.21 bits per heavy atom. The minimum atomic E-state index is -4.77. The first-order valence-electron chi connectivity index (χ1n) is 6.07. The number of halogens is 6. The van der Waals surface area contributed by atoms with Gasteiger partial charge in [-0.1, -0.05) is 34.6 Å². The zero-order valence-corrected chi connectivity index (χ0v) is 11.2. The summed E-state index contributed by atoms with van der Waals surface area (Å²) in [5.41, 5.74) is 0.329. The molecule has 3 rings (SSSR count). The van der Waals surface area contributed by atoms with Crippen molar-refractivity contribution in [1.29, 1.82) is 0 Å². The van der Waals surface area contributed by atoms with Crippen molar-refractivity contribution in [2.24, 2.45) is 0 Å². The van der Waals surface area contributed by atoms with E-state index in [-0.39, 0.29) is 22.8 Å². The van der Waals surface area contributed by atoms with Crippen LogP contribution in [0.2, 0.25) is 0 Å². The van der Waals surface area contributed by atoms with Gasteiger partial charge in [0, 0.05) is 11.1 Å². The fourth-order valence-electron chi connectivity index (χ4n) is 1.68. The van der Waals surface area contributed by atoms with Gasteiger partial charge in [0.1, 0.15) is 0 Å². The lowest BCUT2D eigenvalue weighted by Crippen LogP contribution is -2.04. The first-order valence-corrected chi connectivity index (χ1v) is 6.07. The standard InChI is InChI=1S/C12H4F6N4O2/c13-11(14,15)9-19-7(21-23-9)5-1-2-6(4-3-5)8-20-10(24-22-8)12(16,17)18/h1-4H. The Bertz CT molecular complexity index is 778. The molecular formula is C12H4F6N4O2. The number of alkyl halides is 6. The van der Waals surface area contributed by atoms with Crippen LogP contribution < -0.4 is 0 Å². The van der Waals surface area contributed by atoms with Crippen LogP contribution in [-0.2, 0) is 12.4 Å². The van der Waals surface area contributed by atoms with E-state index in [1.807, 2.05) is 0 Å². The molecule has 2 heterocycles. The Hall–Kier alpha value is -2.92. The molecular weight excluding hydrogens is 346 g/mol. The fraction of sp³-hybridized carbons (Fsp3) is 0.167. The molecule has 0 atom stereocenters. The van der Waals surface area contributed by atoms with Crippen molar-refractivity contribution in [3.8, 4) is 22.8 Å². The summed E-state index contributed by atoms with van der Waals surface area (Å²) in [5, 5.41) is 6.37. The molecule has 0 N–H and O–H groups in total. The highest BCUT2D eigenvalue weighted by molar-refractivity contribution is 5.62. The highest BCUT2D eigenvalue weighted by Gasteiger charge is 2.39. The molecule has 0 radical (unpaired) electrons. The molecule has 0 aliphatic heterocycles. The lowest BCUT2D eigenvalue weighted by Gasteiger charge is -1.98. The first-order chi connectivity index (χ1) is 11.1. The minimum Gasteiger partial charge on any atom is -0.329 e. The number of hydrogen-bond acceptors (Lipinski definition) is 6. The molecule has 6 nitrogen and oxygen atoms in total. The summed E-state index contributed by atoms with van der Waals surface area (Å²) >= 11 is 0. The molecule has 0 bridgehead atoms. The van der Waals surface area contributed by atoms with Gasteiger partial charge >= 0.3 is 24.1 Å². The topological polar surface area (TPSA) is 77.8 Å². The first kappa shape index (κ1) is 16.0. The highest BCUT2D eigenvalue weighted by atomic mass is 19.4. The fourth-order valence-corrected chi connectivity index (χ4v) is 1.68. The Morgan fingerprint density at radius 1 is 0.625 bits per heavy atom. The average Bonchev–Trinajstić information content (AvgIpc) is 3.16. The molecule has 12 heteroatoms. The van der Waals surface area contributed by atoms with E-state index in [1.54, 1.807) is 0 Å². The van der Waals surface area contributed by atoms with Gasteiger partial charge in [0.25, 0.3) is 0 Å². The molecule has 0 aliphatic rings. The van der Waals surface area contributed by atoms with Crippen LogP contribution in [0.3, 0.4) is 0 Å². The molecule has 0 saturated carbocycles. The summed E-state index contributed by atoms with van der Waals surface area (Å²) < 4.78 is 82.5. The predicted molar refractivity (Wildman–Crippen MR) is 63.0 cm³/mol. The van der Waals surface area contributed by atoms with E-state index in [1.165, 1.54) is 24.3 Å². The van der Waals surface area contributed by atoms with Crippen LogP contribution in [0.15, 0.2) is 33.3 Å². The predicted octanol–water partition coefficient (Wildman–Crippen LogP) is 3.82. The van der Waals surface area contributed by atoms with Gasteiger partial charge in [-0.2, -0.15) is 36.3 Å². The smallest absolute Gasteiger partial charge is 0.329 e. The summed E-state index contributed by atoms with van der Waals surface area (Å²) in [7, 11) is 0.